The fourth-order valence-electron chi connectivity index (χ4n) is 1.90. The Morgan fingerprint density at radius 1 is 1.27 bits per heavy atom. The first-order valence-electron chi connectivity index (χ1n) is 6.25. The number of para-hydroxylation sites is 1. The monoisotopic (exact) mass is 305 g/mol. The van der Waals surface area contributed by atoms with Crippen molar-refractivity contribution in [1.82, 2.24) is 0 Å². The lowest BCUT2D eigenvalue weighted by Gasteiger charge is -2.16. The van der Waals surface area contributed by atoms with Gasteiger partial charge >= 0.3 is 6.36 Å². The van der Waals surface area contributed by atoms with Crippen LogP contribution in [0.2, 0.25) is 0 Å². The molecule has 0 saturated carbocycles. The fraction of sp³-hybridized carbons (Fsp3) is 0.118. The Bertz CT molecular complexity index is 676. The van der Waals surface area contributed by atoms with E-state index in [1.165, 1.54) is 37.3 Å². The summed E-state index contributed by atoms with van der Waals surface area (Å²) < 4.78 is 41.7. The van der Waals surface area contributed by atoms with Crippen LogP contribution in [0.25, 0.3) is 5.57 Å². The van der Waals surface area contributed by atoms with Crippen molar-refractivity contribution >= 4 is 5.57 Å². The van der Waals surface area contributed by atoms with E-state index < -0.39 is 6.36 Å². The number of nitriles is 1. The van der Waals surface area contributed by atoms with Gasteiger partial charge in [-0.25, -0.2) is 0 Å². The third kappa shape index (κ3) is 4.38. The molecule has 1 aromatic carbocycles. The summed E-state index contributed by atoms with van der Waals surface area (Å²) in [6.45, 7) is 8.69. The van der Waals surface area contributed by atoms with E-state index in [1.807, 2.05) is 6.07 Å². The second kappa shape index (κ2) is 7.32. The second-order valence-electron chi connectivity index (χ2n) is 4.22. The summed E-state index contributed by atoms with van der Waals surface area (Å²) in [7, 11) is 0. The highest BCUT2D eigenvalue weighted by atomic mass is 19.4. The van der Waals surface area contributed by atoms with Crippen LogP contribution in [0.15, 0.2) is 66.8 Å². The molecule has 0 amide bonds. The van der Waals surface area contributed by atoms with E-state index in [4.69, 9.17) is 5.26 Å². The summed E-state index contributed by atoms with van der Waals surface area (Å²) in [4.78, 5) is 0. The zero-order valence-corrected chi connectivity index (χ0v) is 11.9. The van der Waals surface area contributed by atoms with Crippen molar-refractivity contribution < 1.29 is 17.9 Å². The molecule has 0 heterocycles. The van der Waals surface area contributed by atoms with E-state index >= 15 is 0 Å². The molecule has 0 aliphatic heterocycles. The van der Waals surface area contributed by atoms with Gasteiger partial charge in [0.15, 0.2) is 0 Å². The molecule has 5 heteroatoms. The third-order valence-electron chi connectivity index (χ3n) is 2.73. The van der Waals surface area contributed by atoms with Crippen LogP contribution in [0.1, 0.15) is 12.5 Å². The lowest BCUT2D eigenvalue weighted by molar-refractivity contribution is -0.274. The number of hydrogen-bond acceptors (Lipinski definition) is 2. The first kappa shape index (κ1) is 17.3. The molecule has 0 aliphatic rings. The molecule has 0 bridgehead atoms. The molecule has 0 atom stereocenters. The Labute approximate surface area is 127 Å². The molecule has 0 N–H and O–H groups in total. The predicted molar refractivity (Wildman–Crippen MR) is 79.8 cm³/mol. The SMILES string of the molecule is C=C/C=C(C=C)/C(=C(/C)C#N)c1ccccc1OC(F)(F)F. The first-order valence-corrected chi connectivity index (χ1v) is 6.25. The number of rotatable bonds is 5. The van der Waals surface area contributed by atoms with E-state index in [2.05, 4.69) is 17.9 Å². The highest BCUT2D eigenvalue weighted by Gasteiger charge is 2.32. The Hall–Kier alpha value is -2.74. The van der Waals surface area contributed by atoms with Gasteiger partial charge in [0.1, 0.15) is 5.75 Å². The minimum Gasteiger partial charge on any atom is -0.405 e. The second-order valence-corrected chi connectivity index (χ2v) is 4.22. The molecule has 22 heavy (non-hydrogen) atoms. The standard InChI is InChI=1S/C17H14F3NO/c1-4-8-13(5-2)16(12(3)11-21)14-9-6-7-10-15(14)22-17(18,19)20/h4-10H,1-2H2,3H3/b13-8+,16-12+. The van der Waals surface area contributed by atoms with Crippen molar-refractivity contribution in [3.63, 3.8) is 0 Å². The van der Waals surface area contributed by atoms with Gasteiger partial charge in [-0.2, -0.15) is 5.26 Å². The van der Waals surface area contributed by atoms with Crippen molar-refractivity contribution in [2.45, 2.75) is 13.3 Å². The number of allylic oxidation sites excluding steroid dienone is 6. The van der Waals surface area contributed by atoms with E-state index in [0.29, 0.717) is 11.1 Å². The maximum atomic E-state index is 12.5. The van der Waals surface area contributed by atoms with E-state index in [9.17, 15) is 13.2 Å². The largest absolute Gasteiger partial charge is 0.573 e. The molecule has 0 unspecified atom stereocenters. The zero-order valence-electron chi connectivity index (χ0n) is 11.9. The predicted octanol–water partition coefficient (Wildman–Crippen LogP) is 5.18. The lowest BCUT2D eigenvalue weighted by Crippen LogP contribution is -2.18. The topological polar surface area (TPSA) is 33.0 Å². The van der Waals surface area contributed by atoms with Gasteiger partial charge in [0, 0.05) is 16.7 Å². The quantitative estimate of drug-likeness (QED) is 0.554. The van der Waals surface area contributed by atoms with E-state index in [1.54, 1.807) is 12.1 Å². The van der Waals surface area contributed by atoms with Crippen molar-refractivity contribution in [2.24, 2.45) is 0 Å². The number of nitrogens with zero attached hydrogens (tertiary/aromatic N) is 1. The molecule has 1 aromatic rings. The molecule has 0 aromatic heterocycles. The number of alkyl halides is 3. The van der Waals surface area contributed by atoms with Crippen LogP contribution in [0.3, 0.4) is 0 Å². The maximum Gasteiger partial charge on any atom is 0.573 e. The first-order chi connectivity index (χ1) is 10.3. The van der Waals surface area contributed by atoms with Gasteiger partial charge < -0.3 is 4.74 Å². The summed E-state index contributed by atoms with van der Waals surface area (Å²) in [6, 6.07) is 7.59. The molecule has 0 radical (unpaired) electrons. The summed E-state index contributed by atoms with van der Waals surface area (Å²) >= 11 is 0. The van der Waals surface area contributed by atoms with Gasteiger partial charge in [-0.05, 0) is 18.6 Å². The molecule has 0 aliphatic carbocycles. The average Bonchev–Trinajstić information content (AvgIpc) is 2.46. The van der Waals surface area contributed by atoms with Crippen LogP contribution in [0.5, 0.6) is 5.75 Å². The number of halogens is 3. The lowest BCUT2D eigenvalue weighted by atomic mass is 9.92. The van der Waals surface area contributed by atoms with Gasteiger partial charge in [-0.15, -0.1) is 13.2 Å². The average molecular weight is 305 g/mol. The molecule has 0 saturated heterocycles. The molecule has 2 nitrogen and oxygen atoms in total. The van der Waals surface area contributed by atoms with Crippen LogP contribution in [-0.2, 0) is 0 Å². The van der Waals surface area contributed by atoms with Gasteiger partial charge in [0.05, 0.1) is 6.07 Å². The number of benzene rings is 1. The highest BCUT2D eigenvalue weighted by Crippen LogP contribution is 2.36. The van der Waals surface area contributed by atoms with Crippen molar-refractivity contribution in [3.8, 4) is 11.8 Å². The summed E-state index contributed by atoms with van der Waals surface area (Å²) in [5.74, 6) is -0.378. The normalized spacial score (nSPS) is 13.0. The van der Waals surface area contributed by atoms with Gasteiger partial charge in [0.2, 0.25) is 0 Å². The van der Waals surface area contributed by atoms with Crippen molar-refractivity contribution in [2.75, 3.05) is 0 Å². The highest BCUT2D eigenvalue weighted by molar-refractivity contribution is 5.88. The van der Waals surface area contributed by atoms with Gasteiger partial charge in [-0.3, -0.25) is 0 Å². The molecule has 0 fully saturated rings. The van der Waals surface area contributed by atoms with Crippen LogP contribution in [-0.4, -0.2) is 6.36 Å². The Morgan fingerprint density at radius 2 is 1.91 bits per heavy atom. The van der Waals surface area contributed by atoms with Crippen LogP contribution in [0, 0.1) is 11.3 Å². The maximum absolute atomic E-state index is 12.5. The number of hydrogen-bond donors (Lipinski definition) is 0. The van der Waals surface area contributed by atoms with E-state index in [0.717, 1.165) is 0 Å². The van der Waals surface area contributed by atoms with Gasteiger partial charge in [-0.1, -0.05) is 49.6 Å². The number of ether oxygens (including phenoxy) is 1. The smallest absolute Gasteiger partial charge is 0.405 e. The Kier molecular flexibility index (Phi) is 5.76. The molecule has 1 rings (SSSR count). The zero-order chi connectivity index (χ0) is 16.8. The third-order valence-corrected chi connectivity index (χ3v) is 2.73. The summed E-state index contributed by atoms with van der Waals surface area (Å²) in [5.41, 5.74) is 1.20. The van der Waals surface area contributed by atoms with Crippen molar-refractivity contribution in [1.29, 1.82) is 5.26 Å². The van der Waals surface area contributed by atoms with Crippen LogP contribution < -0.4 is 4.74 Å². The minimum atomic E-state index is -4.82. The van der Waals surface area contributed by atoms with Crippen LogP contribution in [0.4, 0.5) is 13.2 Å². The van der Waals surface area contributed by atoms with Gasteiger partial charge in [0.25, 0.3) is 0 Å². The molecule has 0 spiro atoms. The summed E-state index contributed by atoms with van der Waals surface area (Å²) in [5, 5.41) is 9.14. The van der Waals surface area contributed by atoms with E-state index in [-0.39, 0.29) is 16.9 Å². The van der Waals surface area contributed by atoms with Crippen molar-refractivity contribution in [3.05, 3.63) is 72.4 Å². The molecular weight excluding hydrogens is 291 g/mol. The minimum absolute atomic E-state index is 0.159. The Morgan fingerprint density at radius 3 is 2.41 bits per heavy atom. The molecular formula is C17H14F3NO. The summed E-state index contributed by atoms with van der Waals surface area (Å²) in [6.07, 6.45) is -0.344. The molecule has 114 valence electrons. The van der Waals surface area contributed by atoms with Crippen LogP contribution >= 0.6 is 0 Å². The fourth-order valence-corrected chi connectivity index (χ4v) is 1.90. The Balaban J connectivity index is 3.60.